The van der Waals surface area contributed by atoms with Crippen molar-refractivity contribution in [2.24, 2.45) is 5.92 Å². The van der Waals surface area contributed by atoms with Crippen LogP contribution < -0.4 is 5.32 Å². The van der Waals surface area contributed by atoms with Crippen LogP contribution in [0.5, 0.6) is 5.75 Å². The quantitative estimate of drug-likeness (QED) is 0.569. The smallest absolute Gasteiger partial charge is 0.220 e. The first-order chi connectivity index (χ1) is 9.99. The van der Waals surface area contributed by atoms with Crippen LogP contribution in [0.3, 0.4) is 0 Å². The van der Waals surface area contributed by atoms with E-state index in [9.17, 15) is 9.90 Å². The molecule has 1 aromatic rings. The number of allylic oxidation sites excluding steroid dienone is 2. The topological polar surface area (TPSA) is 80.8 Å². The Morgan fingerprint density at radius 2 is 2.09 bits per heavy atom. The van der Waals surface area contributed by atoms with Crippen molar-refractivity contribution in [2.75, 3.05) is 0 Å². The van der Waals surface area contributed by atoms with Crippen LogP contribution in [-0.4, -0.2) is 16.5 Å². The maximum absolute atomic E-state index is 11.7. The van der Waals surface area contributed by atoms with Gasteiger partial charge in [0, 0.05) is 14.4 Å². The standard InChI is InChI=1S/C18H27NO2.H2O.H2/c1-14(2)8-6-4-5-7-9-18(21)19-13-16-10-11-17(20)15(3)12-16;;/h6,8,10-12,14,20H,4-5,7,9,13H2,1-3H3,(H,19,21);1H2;1H/b8-6+;;. The molecule has 1 rings (SSSR count). The predicted molar refractivity (Wildman–Crippen MR) is 92.9 cm³/mol. The van der Waals surface area contributed by atoms with Crippen LogP contribution in [-0.2, 0) is 11.3 Å². The van der Waals surface area contributed by atoms with E-state index in [1.165, 1.54) is 0 Å². The second-order valence-corrected chi connectivity index (χ2v) is 5.82. The molecule has 0 aromatic heterocycles. The summed E-state index contributed by atoms with van der Waals surface area (Å²) in [6.07, 6.45) is 7.99. The summed E-state index contributed by atoms with van der Waals surface area (Å²) in [4.78, 5) is 11.7. The van der Waals surface area contributed by atoms with Crippen LogP contribution in [0.15, 0.2) is 30.4 Å². The average molecular weight is 309 g/mol. The molecule has 0 aliphatic heterocycles. The van der Waals surface area contributed by atoms with Crippen LogP contribution in [0.1, 0.15) is 52.1 Å². The highest BCUT2D eigenvalue weighted by molar-refractivity contribution is 5.75. The molecule has 0 aliphatic carbocycles. The van der Waals surface area contributed by atoms with Gasteiger partial charge in [-0.25, -0.2) is 0 Å². The molecule has 0 unspecified atom stereocenters. The lowest BCUT2D eigenvalue weighted by Gasteiger charge is -2.07. The van der Waals surface area contributed by atoms with Gasteiger partial charge in [0.1, 0.15) is 5.75 Å². The van der Waals surface area contributed by atoms with Gasteiger partial charge < -0.3 is 15.9 Å². The maximum Gasteiger partial charge on any atom is 0.220 e. The summed E-state index contributed by atoms with van der Waals surface area (Å²) in [5.74, 6) is 0.982. The fraction of sp³-hybridized carbons (Fsp3) is 0.500. The molecule has 0 spiro atoms. The average Bonchev–Trinajstić information content (AvgIpc) is 2.43. The predicted octanol–water partition coefficient (Wildman–Crippen LogP) is 3.51. The second kappa shape index (κ2) is 10.9. The molecule has 1 aromatic carbocycles. The minimum Gasteiger partial charge on any atom is -0.508 e. The van der Waals surface area contributed by atoms with Gasteiger partial charge in [-0.05, 0) is 49.3 Å². The lowest BCUT2D eigenvalue weighted by molar-refractivity contribution is -0.121. The van der Waals surface area contributed by atoms with Gasteiger partial charge in [-0.2, -0.15) is 0 Å². The largest absolute Gasteiger partial charge is 0.508 e. The second-order valence-electron chi connectivity index (χ2n) is 5.82. The van der Waals surface area contributed by atoms with Crippen LogP contribution in [0, 0.1) is 12.8 Å². The number of nitrogens with one attached hydrogen (secondary N) is 1. The first kappa shape index (κ1) is 20.2. The molecule has 0 saturated heterocycles. The zero-order chi connectivity index (χ0) is 15.7. The van der Waals surface area contributed by atoms with Gasteiger partial charge in [0.2, 0.25) is 5.91 Å². The number of amides is 1. The maximum atomic E-state index is 11.7. The summed E-state index contributed by atoms with van der Waals surface area (Å²) in [6, 6.07) is 5.39. The van der Waals surface area contributed by atoms with Crippen molar-refractivity contribution < 1.29 is 16.8 Å². The number of aryl methyl sites for hydroxylation is 1. The number of carbonyl (C=O) groups excluding carboxylic acids is 1. The lowest BCUT2D eigenvalue weighted by Crippen LogP contribution is -2.22. The molecule has 4 heteroatoms. The first-order valence-corrected chi connectivity index (χ1v) is 7.71. The lowest BCUT2D eigenvalue weighted by atomic mass is 10.1. The minimum absolute atomic E-state index is 0. The van der Waals surface area contributed by atoms with E-state index in [0.717, 1.165) is 30.4 Å². The molecule has 4 N–H and O–H groups in total. The Kier molecular flexibility index (Phi) is 9.96. The van der Waals surface area contributed by atoms with Crippen LogP contribution in [0.4, 0.5) is 0 Å². The summed E-state index contributed by atoms with van der Waals surface area (Å²) in [5, 5.41) is 12.4. The van der Waals surface area contributed by atoms with E-state index >= 15 is 0 Å². The number of hydrogen-bond donors (Lipinski definition) is 2. The third-order valence-corrected chi connectivity index (χ3v) is 3.30. The highest BCUT2D eigenvalue weighted by Gasteiger charge is 2.02. The van der Waals surface area contributed by atoms with Crippen molar-refractivity contribution in [2.45, 2.75) is 53.0 Å². The van der Waals surface area contributed by atoms with Crippen LogP contribution in [0.2, 0.25) is 0 Å². The molecule has 0 radical (unpaired) electrons. The van der Waals surface area contributed by atoms with Crippen molar-refractivity contribution in [3.05, 3.63) is 41.5 Å². The molecule has 4 nitrogen and oxygen atoms in total. The number of hydrogen-bond acceptors (Lipinski definition) is 2. The van der Waals surface area contributed by atoms with E-state index in [-0.39, 0.29) is 12.8 Å². The van der Waals surface area contributed by atoms with E-state index in [2.05, 4.69) is 31.3 Å². The number of unbranched alkanes of at least 4 members (excludes halogenated alkanes) is 2. The molecule has 0 fully saturated rings. The Bertz CT molecular complexity index is 487. The highest BCUT2D eigenvalue weighted by atomic mass is 16.3. The van der Waals surface area contributed by atoms with Crippen molar-refractivity contribution in [3.8, 4) is 5.75 Å². The zero-order valence-electron chi connectivity index (χ0n) is 13.9. The molecule has 0 saturated carbocycles. The Labute approximate surface area is 135 Å². The number of phenols is 1. The van der Waals surface area contributed by atoms with Crippen molar-refractivity contribution >= 4 is 5.91 Å². The van der Waals surface area contributed by atoms with E-state index in [4.69, 9.17) is 0 Å². The van der Waals surface area contributed by atoms with E-state index in [1.807, 2.05) is 19.1 Å². The van der Waals surface area contributed by atoms with Gasteiger partial charge in [0.15, 0.2) is 0 Å². The summed E-state index contributed by atoms with van der Waals surface area (Å²) in [7, 11) is 0. The third kappa shape index (κ3) is 8.47. The van der Waals surface area contributed by atoms with Gasteiger partial charge in [-0.1, -0.05) is 38.1 Å². The van der Waals surface area contributed by atoms with E-state index in [1.54, 1.807) is 6.07 Å². The third-order valence-electron chi connectivity index (χ3n) is 3.30. The van der Waals surface area contributed by atoms with Gasteiger partial charge in [0.25, 0.3) is 0 Å². The molecule has 0 aliphatic rings. The fourth-order valence-electron chi connectivity index (χ4n) is 2.03. The van der Waals surface area contributed by atoms with Crippen molar-refractivity contribution in [1.82, 2.24) is 5.32 Å². The van der Waals surface area contributed by atoms with Crippen LogP contribution in [0.25, 0.3) is 0 Å². The molecular weight excluding hydrogens is 278 g/mol. The number of aromatic hydroxyl groups is 1. The van der Waals surface area contributed by atoms with Gasteiger partial charge in [-0.3, -0.25) is 4.79 Å². The summed E-state index contributed by atoms with van der Waals surface area (Å²) in [6.45, 7) is 6.70. The normalized spacial score (nSPS) is 10.7. The monoisotopic (exact) mass is 309 g/mol. The number of benzene rings is 1. The molecule has 1 amide bonds. The number of carbonyl (C=O) groups is 1. The van der Waals surface area contributed by atoms with E-state index < -0.39 is 0 Å². The Hall–Kier alpha value is -1.81. The SMILES string of the molecule is Cc1cc(CNC(=O)CCCC/C=C/C(C)C)ccc1O.O.[HH]. The number of phenolic OH excluding ortho intramolecular Hbond substituents is 1. The van der Waals surface area contributed by atoms with Crippen molar-refractivity contribution in [1.29, 1.82) is 0 Å². The summed E-state index contributed by atoms with van der Waals surface area (Å²) in [5.41, 5.74) is 1.84. The Balaban J connectivity index is 0. The Morgan fingerprint density at radius 3 is 2.73 bits per heavy atom. The minimum atomic E-state index is 0. The van der Waals surface area contributed by atoms with Gasteiger partial charge in [-0.15, -0.1) is 0 Å². The molecular formula is C18H31NO3. The molecule has 0 bridgehead atoms. The molecule has 22 heavy (non-hydrogen) atoms. The summed E-state index contributed by atoms with van der Waals surface area (Å²) < 4.78 is 0. The van der Waals surface area contributed by atoms with E-state index in [0.29, 0.717) is 24.6 Å². The molecule has 126 valence electrons. The fourth-order valence-corrected chi connectivity index (χ4v) is 2.03. The first-order valence-electron chi connectivity index (χ1n) is 7.71. The Morgan fingerprint density at radius 1 is 1.36 bits per heavy atom. The highest BCUT2D eigenvalue weighted by Crippen LogP contribution is 2.16. The van der Waals surface area contributed by atoms with Crippen LogP contribution >= 0.6 is 0 Å². The molecule has 0 atom stereocenters. The van der Waals surface area contributed by atoms with Gasteiger partial charge in [0.05, 0.1) is 0 Å². The van der Waals surface area contributed by atoms with Crippen molar-refractivity contribution in [3.63, 3.8) is 0 Å². The molecule has 0 heterocycles. The number of rotatable bonds is 8. The van der Waals surface area contributed by atoms with Gasteiger partial charge >= 0.3 is 0 Å². The zero-order valence-corrected chi connectivity index (χ0v) is 13.9. The summed E-state index contributed by atoms with van der Waals surface area (Å²) >= 11 is 0.